The van der Waals surface area contributed by atoms with Crippen LogP contribution in [0.5, 0.6) is 11.5 Å². The highest BCUT2D eigenvalue weighted by atomic mass is 32.1. The van der Waals surface area contributed by atoms with Gasteiger partial charge >= 0.3 is 0 Å². The van der Waals surface area contributed by atoms with E-state index in [-0.39, 0.29) is 29.9 Å². The van der Waals surface area contributed by atoms with Gasteiger partial charge in [0.15, 0.2) is 37.6 Å². The zero-order chi connectivity index (χ0) is 47.8. The minimum Gasteiger partial charge on any atom is -0.480 e. The minimum atomic E-state index is -0.858. The van der Waals surface area contributed by atoms with Crippen LogP contribution >= 0.6 is 22.7 Å². The van der Waals surface area contributed by atoms with E-state index in [0.29, 0.717) is 91.3 Å². The number of likely N-dealkylation sites (N-methyl/N-ethyl adjacent to an activating group) is 1. The Kier molecular flexibility index (Phi) is 10.5. The van der Waals surface area contributed by atoms with Gasteiger partial charge in [0.2, 0.25) is 6.20 Å². The van der Waals surface area contributed by atoms with Crippen LogP contribution in [-0.4, -0.2) is 98.3 Å². The van der Waals surface area contributed by atoms with Crippen molar-refractivity contribution in [1.82, 2.24) is 54.2 Å². The number of nitrogens with one attached hydrogen (secondary N) is 2. The van der Waals surface area contributed by atoms with Crippen molar-refractivity contribution in [1.29, 1.82) is 0 Å². The Morgan fingerprint density at radius 2 is 1.26 bits per heavy atom. The van der Waals surface area contributed by atoms with Gasteiger partial charge in [0, 0.05) is 51.8 Å². The van der Waals surface area contributed by atoms with Crippen molar-refractivity contribution in [2.45, 2.75) is 31.7 Å². The first-order valence-electron chi connectivity index (χ1n) is 22.1. The molecule has 10 aromatic rings. The second-order valence-corrected chi connectivity index (χ2v) is 18.8. The highest BCUT2D eigenvalue weighted by Crippen LogP contribution is 2.41. The van der Waals surface area contributed by atoms with Crippen molar-refractivity contribution in [2.75, 3.05) is 30.8 Å². The molecule has 2 amide bonds. The number of halogens is 2. The number of aryl methyl sites for hydroxylation is 2. The molecule has 350 valence electrons. The highest BCUT2D eigenvalue weighted by Gasteiger charge is 2.36. The van der Waals surface area contributed by atoms with E-state index in [2.05, 4.69) is 45.6 Å². The van der Waals surface area contributed by atoms with Gasteiger partial charge in [0.1, 0.15) is 35.8 Å². The summed E-state index contributed by atoms with van der Waals surface area (Å²) in [6.07, 6.45) is 9.51. The summed E-state index contributed by atoms with van der Waals surface area (Å²) < 4.78 is 50.9. The third-order valence-electron chi connectivity index (χ3n) is 12.7. The van der Waals surface area contributed by atoms with E-state index in [1.54, 1.807) is 63.0 Å². The fourth-order valence-corrected chi connectivity index (χ4v) is 10.5. The van der Waals surface area contributed by atoms with E-state index in [1.165, 1.54) is 35.3 Å². The number of anilines is 4. The Morgan fingerprint density at radius 3 is 1.81 bits per heavy atom. The molecule has 0 spiro atoms. The van der Waals surface area contributed by atoms with Crippen molar-refractivity contribution in [3.63, 3.8) is 0 Å². The number of carbonyl (C=O) groups excluding carboxylic acids is 2. The normalized spacial score (nSPS) is 16.2. The number of hydrogen-bond acceptors (Lipinski definition) is 15. The van der Waals surface area contributed by atoms with Crippen LogP contribution in [0.4, 0.5) is 31.8 Å². The summed E-state index contributed by atoms with van der Waals surface area (Å²) in [6, 6.07) is 14.1. The van der Waals surface area contributed by atoms with Crippen molar-refractivity contribution in [3.8, 4) is 33.8 Å². The Labute approximate surface area is 403 Å². The zero-order valence-corrected chi connectivity index (χ0v) is 39.1. The van der Waals surface area contributed by atoms with Crippen LogP contribution in [0.3, 0.4) is 0 Å². The Bertz CT molecular complexity index is 3740. The van der Waals surface area contributed by atoms with Gasteiger partial charge in [0.25, 0.3) is 11.8 Å². The molecule has 0 saturated carbocycles. The lowest BCUT2D eigenvalue weighted by Crippen LogP contribution is -2.43. The molecule has 2 N–H and O–H groups in total. The minimum absolute atomic E-state index is 0.151. The molecule has 70 heavy (non-hydrogen) atoms. The molecule has 2 aliphatic heterocycles. The second-order valence-electron chi connectivity index (χ2n) is 17.1. The molecule has 6 aromatic heterocycles. The monoisotopic (exact) mass is 977 g/mol. The first kappa shape index (κ1) is 43.1. The quantitative estimate of drug-likeness (QED) is 0.115. The summed E-state index contributed by atoms with van der Waals surface area (Å²) in [5.74, 6) is 0.0224. The van der Waals surface area contributed by atoms with Gasteiger partial charge in [-0.1, -0.05) is 0 Å². The lowest BCUT2D eigenvalue weighted by molar-refractivity contribution is -0.755. The molecule has 0 bridgehead atoms. The first-order chi connectivity index (χ1) is 34.0. The maximum absolute atomic E-state index is 15.7. The second kappa shape index (κ2) is 17.1. The van der Waals surface area contributed by atoms with E-state index in [1.807, 2.05) is 66.3 Å². The third-order valence-corrected chi connectivity index (χ3v) is 14.3. The summed E-state index contributed by atoms with van der Waals surface area (Å²) in [5.41, 5.74) is 8.82. The van der Waals surface area contributed by atoms with Gasteiger partial charge in [-0.3, -0.25) is 14.3 Å². The van der Waals surface area contributed by atoms with Gasteiger partial charge in [-0.05, 0) is 59.7 Å². The Morgan fingerprint density at radius 1 is 0.686 bits per heavy atom. The van der Waals surface area contributed by atoms with Crippen LogP contribution in [0.25, 0.3) is 64.5 Å². The van der Waals surface area contributed by atoms with Gasteiger partial charge in [-0.2, -0.15) is 5.10 Å². The van der Waals surface area contributed by atoms with Crippen LogP contribution in [-0.2, 0) is 30.4 Å². The predicted octanol–water partition coefficient (Wildman–Crippen LogP) is 7.50. The van der Waals surface area contributed by atoms with Crippen LogP contribution < -0.4 is 24.8 Å². The number of aromatic nitrogens is 10. The summed E-state index contributed by atoms with van der Waals surface area (Å²) in [4.78, 5) is 57.5. The molecular weight excluding hydrogens is 939 g/mol. The van der Waals surface area contributed by atoms with Gasteiger partial charge < -0.3 is 29.9 Å². The van der Waals surface area contributed by atoms with Crippen molar-refractivity contribution in [2.24, 2.45) is 14.1 Å². The number of benzene rings is 4. The van der Waals surface area contributed by atoms with Crippen LogP contribution in [0.15, 0.2) is 97.0 Å². The van der Waals surface area contributed by atoms with Gasteiger partial charge in [-0.25, -0.2) is 38.7 Å². The van der Waals surface area contributed by atoms with Crippen LogP contribution in [0.2, 0.25) is 0 Å². The number of ether oxygens (including phenoxy) is 2. The number of thiazole rings is 2. The number of likely N-dealkylation sites (tertiary alicyclic amines) is 2. The summed E-state index contributed by atoms with van der Waals surface area (Å²) in [7, 11) is 5.44. The standard InChI is InChI=1S/C48H39F2N14O4S2/c1-60-10-8-35(47(60)65)67-38-15-26(13-34-40(38)46(54-21-52-34)59-30-5-7-32-44(42(30)50)70-23-56-32)28-18-62(3)64(19-28)24-63-11-9-36(48(63)66)68-37-14-25(27-16-57-61(2)17-27)12-33-39(37)45(53-20-51-33)58-29-4-6-31-43(41(29)49)69-22-55-31/h4-7,12-23,35-36H,8-11,24H2,1-3H3,(H,51,53,58)(H,52,54,59)/q+1/t35-,36+/m1/s1. The fraction of sp³-hybridized carbons (Fsp3) is 0.208. The molecule has 18 nitrogen and oxygen atoms in total. The molecule has 8 heterocycles. The van der Waals surface area contributed by atoms with Gasteiger partial charge in [0.05, 0.1) is 82.6 Å². The summed E-state index contributed by atoms with van der Waals surface area (Å²) in [5, 5.41) is 11.6. The Balaban J connectivity index is 0.840. The zero-order valence-electron chi connectivity index (χ0n) is 37.5. The maximum Gasteiger partial charge on any atom is 0.265 e. The summed E-state index contributed by atoms with van der Waals surface area (Å²) in [6.45, 7) is 1.14. The van der Waals surface area contributed by atoms with Crippen molar-refractivity contribution in [3.05, 3.63) is 109 Å². The van der Waals surface area contributed by atoms with E-state index in [0.717, 1.165) is 22.3 Å². The number of hydrogen-bond donors (Lipinski definition) is 2. The molecule has 0 radical (unpaired) electrons. The number of rotatable bonds is 12. The largest absolute Gasteiger partial charge is 0.480 e. The summed E-state index contributed by atoms with van der Waals surface area (Å²) >= 11 is 2.41. The number of fused-ring (bicyclic) bond motifs is 4. The average Bonchev–Trinajstić information content (AvgIpc) is 4.25. The predicted molar refractivity (Wildman–Crippen MR) is 259 cm³/mol. The molecule has 22 heteroatoms. The van der Waals surface area contributed by atoms with E-state index in [9.17, 15) is 9.59 Å². The van der Waals surface area contributed by atoms with E-state index >= 15 is 8.78 Å². The Hall–Kier alpha value is -8.24. The number of carbonyl (C=O) groups is 2. The average molecular weight is 978 g/mol. The lowest BCUT2D eigenvalue weighted by Gasteiger charge is -2.19. The molecule has 2 atom stereocenters. The molecule has 12 rings (SSSR count). The topological polar surface area (TPSA) is 187 Å². The molecule has 0 aliphatic carbocycles. The smallest absolute Gasteiger partial charge is 0.265 e. The first-order valence-corrected chi connectivity index (χ1v) is 23.9. The van der Waals surface area contributed by atoms with Gasteiger partial charge in [-0.15, -0.1) is 32.0 Å². The SMILES string of the molecule is CN1CC[C@@H](Oc2cc(-c3cn(CN4CC[C@H](Oc5cc(-c6cnn(C)c6)cc6ncnc(Nc7ccc8ncsc8c7F)c56)C4=O)[n+](C)c3)cc3ncnc(Nc4ccc5ncsc5c4F)c23)C1=O. The fourth-order valence-electron chi connectivity index (χ4n) is 9.02. The van der Waals surface area contributed by atoms with Crippen molar-refractivity contribution < 1.29 is 32.5 Å². The molecule has 2 saturated heterocycles. The van der Waals surface area contributed by atoms with E-state index < -0.39 is 23.8 Å². The third kappa shape index (κ3) is 7.60. The molecule has 0 unspecified atom stereocenters. The van der Waals surface area contributed by atoms with Crippen LogP contribution in [0.1, 0.15) is 12.8 Å². The van der Waals surface area contributed by atoms with Crippen molar-refractivity contribution >= 4 is 99.7 Å². The van der Waals surface area contributed by atoms with Crippen LogP contribution in [0, 0.1) is 11.6 Å². The van der Waals surface area contributed by atoms with E-state index in [4.69, 9.17) is 9.47 Å². The number of nitrogens with zero attached hydrogens (tertiary/aromatic N) is 12. The highest BCUT2D eigenvalue weighted by molar-refractivity contribution is 7.17. The molecule has 2 aliphatic rings. The molecule has 4 aromatic carbocycles. The number of amides is 2. The molecule has 2 fully saturated rings. The maximum atomic E-state index is 15.7. The lowest BCUT2D eigenvalue weighted by atomic mass is 10.1. The molecular formula is C48H39F2N14O4S2+.